The standard InChI is InChI=1S/C19H22N4O4S2/c1-14-12-18(15(2)28-14)29(25,26)23-10-8-21(9-11-23)19(24)17-5-4-16(27-17)13-22-7-3-6-20-22/h3-7,12H,8-11,13H2,1-2H3. The molecule has 0 bridgehead atoms. The number of aromatic nitrogens is 2. The lowest BCUT2D eigenvalue weighted by Gasteiger charge is -2.33. The lowest BCUT2D eigenvalue weighted by Crippen LogP contribution is -2.50. The molecule has 1 aliphatic rings. The average molecular weight is 435 g/mol. The van der Waals surface area contributed by atoms with Gasteiger partial charge in [0.05, 0.1) is 11.4 Å². The summed E-state index contributed by atoms with van der Waals surface area (Å²) in [6.45, 7) is 5.36. The van der Waals surface area contributed by atoms with E-state index in [0.717, 1.165) is 9.75 Å². The second kappa shape index (κ2) is 7.77. The highest BCUT2D eigenvalue weighted by Crippen LogP contribution is 2.28. The molecule has 1 aliphatic heterocycles. The fourth-order valence-electron chi connectivity index (χ4n) is 3.42. The van der Waals surface area contributed by atoms with Crippen LogP contribution in [0.3, 0.4) is 0 Å². The summed E-state index contributed by atoms with van der Waals surface area (Å²) in [5.41, 5.74) is 0. The molecule has 0 aromatic carbocycles. The van der Waals surface area contributed by atoms with Crippen molar-refractivity contribution in [2.45, 2.75) is 25.3 Å². The van der Waals surface area contributed by atoms with Crippen molar-refractivity contribution in [2.75, 3.05) is 26.2 Å². The molecule has 10 heteroatoms. The van der Waals surface area contributed by atoms with Crippen LogP contribution in [0, 0.1) is 13.8 Å². The fourth-order valence-corrected chi connectivity index (χ4v) is 6.37. The van der Waals surface area contributed by atoms with E-state index in [0.29, 0.717) is 30.3 Å². The lowest BCUT2D eigenvalue weighted by atomic mass is 10.3. The van der Waals surface area contributed by atoms with Crippen LogP contribution < -0.4 is 0 Å². The van der Waals surface area contributed by atoms with Gasteiger partial charge in [-0.05, 0) is 38.1 Å². The van der Waals surface area contributed by atoms with Crippen LogP contribution in [0.2, 0.25) is 0 Å². The van der Waals surface area contributed by atoms with Crippen LogP contribution in [-0.4, -0.2) is 59.5 Å². The molecule has 3 aromatic heterocycles. The van der Waals surface area contributed by atoms with Gasteiger partial charge in [-0.25, -0.2) is 8.42 Å². The Labute approximate surface area is 173 Å². The summed E-state index contributed by atoms with van der Waals surface area (Å²) < 4.78 is 34.7. The van der Waals surface area contributed by atoms with Gasteiger partial charge in [0.15, 0.2) is 5.76 Å². The number of rotatable bonds is 5. The Kier molecular flexibility index (Phi) is 5.32. The summed E-state index contributed by atoms with van der Waals surface area (Å²) in [4.78, 5) is 16.5. The van der Waals surface area contributed by atoms with Crippen molar-refractivity contribution < 1.29 is 17.6 Å². The van der Waals surface area contributed by atoms with Gasteiger partial charge in [0.1, 0.15) is 5.76 Å². The molecule has 0 spiro atoms. The van der Waals surface area contributed by atoms with E-state index in [1.807, 2.05) is 26.1 Å². The van der Waals surface area contributed by atoms with E-state index >= 15 is 0 Å². The highest BCUT2D eigenvalue weighted by Gasteiger charge is 2.32. The third kappa shape index (κ3) is 4.00. The first-order chi connectivity index (χ1) is 13.8. The largest absolute Gasteiger partial charge is 0.454 e. The fraction of sp³-hybridized carbons (Fsp3) is 0.368. The van der Waals surface area contributed by atoms with Gasteiger partial charge in [0.2, 0.25) is 10.0 Å². The van der Waals surface area contributed by atoms with Crippen LogP contribution in [-0.2, 0) is 16.6 Å². The van der Waals surface area contributed by atoms with E-state index in [4.69, 9.17) is 4.42 Å². The number of amides is 1. The number of aryl methyl sites for hydroxylation is 2. The summed E-state index contributed by atoms with van der Waals surface area (Å²) in [5.74, 6) is 0.672. The number of nitrogens with zero attached hydrogens (tertiary/aromatic N) is 4. The van der Waals surface area contributed by atoms with Crippen LogP contribution in [0.4, 0.5) is 0 Å². The number of hydrogen-bond donors (Lipinski definition) is 0. The molecule has 0 N–H and O–H groups in total. The van der Waals surface area contributed by atoms with Gasteiger partial charge in [-0.2, -0.15) is 9.40 Å². The first-order valence-electron chi connectivity index (χ1n) is 9.27. The van der Waals surface area contributed by atoms with Gasteiger partial charge in [0.25, 0.3) is 5.91 Å². The normalized spacial score (nSPS) is 15.7. The molecular weight excluding hydrogens is 412 g/mol. The molecule has 0 atom stereocenters. The van der Waals surface area contributed by atoms with Gasteiger partial charge in [-0.15, -0.1) is 11.3 Å². The maximum absolute atomic E-state index is 12.9. The number of carbonyl (C=O) groups excluding carboxylic acids is 1. The molecule has 29 heavy (non-hydrogen) atoms. The summed E-state index contributed by atoms with van der Waals surface area (Å²) >= 11 is 1.48. The molecular formula is C19H22N4O4S2. The Balaban J connectivity index is 1.40. The van der Waals surface area contributed by atoms with E-state index in [-0.39, 0.29) is 24.8 Å². The zero-order valence-electron chi connectivity index (χ0n) is 16.2. The Bertz CT molecular complexity index is 1110. The maximum Gasteiger partial charge on any atom is 0.289 e. The highest BCUT2D eigenvalue weighted by molar-refractivity contribution is 7.89. The third-order valence-electron chi connectivity index (χ3n) is 4.89. The molecule has 0 saturated carbocycles. The van der Waals surface area contributed by atoms with Crippen molar-refractivity contribution in [2.24, 2.45) is 0 Å². The number of hydrogen-bond acceptors (Lipinski definition) is 6. The predicted molar refractivity (Wildman–Crippen MR) is 108 cm³/mol. The van der Waals surface area contributed by atoms with Crippen molar-refractivity contribution in [1.29, 1.82) is 0 Å². The second-order valence-corrected chi connectivity index (χ2v) is 10.3. The quantitative estimate of drug-likeness (QED) is 0.615. The van der Waals surface area contributed by atoms with Crippen molar-refractivity contribution in [3.63, 3.8) is 0 Å². The summed E-state index contributed by atoms with van der Waals surface area (Å²) in [6.07, 6.45) is 3.50. The van der Waals surface area contributed by atoms with Crippen molar-refractivity contribution in [3.8, 4) is 0 Å². The van der Waals surface area contributed by atoms with E-state index in [9.17, 15) is 13.2 Å². The van der Waals surface area contributed by atoms with E-state index < -0.39 is 10.0 Å². The Hall–Kier alpha value is -2.43. The van der Waals surface area contributed by atoms with E-state index in [1.54, 1.807) is 34.0 Å². The molecule has 0 unspecified atom stereocenters. The van der Waals surface area contributed by atoms with Crippen LogP contribution in [0.15, 0.2) is 46.0 Å². The third-order valence-corrected chi connectivity index (χ3v) is 8.01. The monoisotopic (exact) mass is 434 g/mol. The van der Waals surface area contributed by atoms with Crippen molar-refractivity contribution >= 4 is 27.3 Å². The molecule has 4 heterocycles. The van der Waals surface area contributed by atoms with Gasteiger partial charge >= 0.3 is 0 Å². The average Bonchev–Trinajstić information content (AvgIpc) is 3.44. The van der Waals surface area contributed by atoms with Crippen LogP contribution in [0.1, 0.15) is 26.1 Å². The minimum Gasteiger partial charge on any atom is -0.454 e. The van der Waals surface area contributed by atoms with Crippen LogP contribution in [0.25, 0.3) is 0 Å². The molecule has 3 aromatic rings. The minimum atomic E-state index is -3.54. The Morgan fingerprint density at radius 2 is 1.97 bits per heavy atom. The smallest absolute Gasteiger partial charge is 0.289 e. The number of piperazine rings is 1. The molecule has 0 radical (unpaired) electrons. The van der Waals surface area contributed by atoms with E-state index in [2.05, 4.69) is 5.10 Å². The molecule has 1 saturated heterocycles. The molecule has 1 amide bonds. The summed E-state index contributed by atoms with van der Waals surface area (Å²) in [7, 11) is -3.54. The number of thiophene rings is 1. The first-order valence-corrected chi connectivity index (χ1v) is 11.5. The molecule has 4 rings (SSSR count). The minimum absolute atomic E-state index is 0.226. The molecule has 8 nitrogen and oxygen atoms in total. The molecule has 1 fully saturated rings. The van der Waals surface area contributed by atoms with Crippen molar-refractivity contribution in [1.82, 2.24) is 19.0 Å². The number of carbonyl (C=O) groups is 1. The van der Waals surface area contributed by atoms with Crippen molar-refractivity contribution in [3.05, 3.63) is 57.9 Å². The number of furan rings is 1. The molecule has 0 aliphatic carbocycles. The second-order valence-electron chi connectivity index (χ2n) is 6.94. The van der Waals surface area contributed by atoms with E-state index in [1.165, 1.54) is 15.6 Å². The first kappa shape index (κ1) is 19.9. The highest BCUT2D eigenvalue weighted by atomic mass is 32.2. The maximum atomic E-state index is 12.9. The molecule has 154 valence electrons. The Morgan fingerprint density at radius 1 is 1.21 bits per heavy atom. The van der Waals surface area contributed by atoms with Gasteiger partial charge in [-0.3, -0.25) is 9.48 Å². The summed E-state index contributed by atoms with van der Waals surface area (Å²) in [5, 5.41) is 4.12. The van der Waals surface area contributed by atoms with Crippen LogP contribution in [0.5, 0.6) is 0 Å². The summed E-state index contributed by atoms with van der Waals surface area (Å²) in [6, 6.07) is 6.96. The predicted octanol–water partition coefficient (Wildman–Crippen LogP) is 2.35. The van der Waals surface area contributed by atoms with Gasteiger partial charge in [-0.1, -0.05) is 0 Å². The SMILES string of the molecule is Cc1cc(S(=O)(=O)N2CCN(C(=O)c3ccc(Cn4cccn4)o3)CC2)c(C)s1. The zero-order chi connectivity index (χ0) is 20.6. The lowest BCUT2D eigenvalue weighted by molar-refractivity contribution is 0.0664. The van der Waals surface area contributed by atoms with Gasteiger partial charge in [0, 0.05) is 48.3 Å². The number of sulfonamides is 1. The van der Waals surface area contributed by atoms with Gasteiger partial charge < -0.3 is 9.32 Å². The Morgan fingerprint density at radius 3 is 2.59 bits per heavy atom. The zero-order valence-corrected chi connectivity index (χ0v) is 17.9. The topological polar surface area (TPSA) is 88.7 Å². The van der Waals surface area contributed by atoms with Crippen LogP contribution >= 0.6 is 11.3 Å².